The number of para-hydroxylation sites is 1. The van der Waals surface area contributed by atoms with Crippen LogP contribution in [0.1, 0.15) is 37.8 Å². The number of likely N-dealkylation sites (tertiary alicyclic amines) is 1. The molecule has 0 aromatic heterocycles. The number of methoxy groups -OCH3 is 1. The first kappa shape index (κ1) is 24.6. The van der Waals surface area contributed by atoms with E-state index in [1.807, 2.05) is 18.2 Å². The Morgan fingerprint density at radius 3 is 2.59 bits per heavy atom. The number of aliphatic hydroxyl groups excluding tert-OH is 1. The summed E-state index contributed by atoms with van der Waals surface area (Å²) in [5.74, 6) is 3.19. The van der Waals surface area contributed by atoms with Crippen molar-refractivity contribution in [2.45, 2.75) is 39.8 Å². The highest BCUT2D eigenvalue weighted by atomic mass is 16.5. The number of nitrogens with zero attached hydrogens (tertiary/aromatic N) is 2. The molecule has 2 aromatic carbocycles. The van der Waals surface area contributed by atoms with Gasteiger partial charge in [-0.3, -0.25) is 9.80 Å². The van der Waals surface area contributed by atoms with Crippen molar-refractivity contribution < 1.29 is 14.6 Å². The molecular weight excluding hydrogens is 400 g/mol. The summed E-state index contributed by atoms with van der Waals surface area (Å²) in [5.41, 5.74) is 2.55. The number of piperidine rings is 1. The Bertz CT molecular complexity index is 803. The maximum Gasteiger partial charge on any atom is 0.123 e. The molecule has 5 nitrogen and oxygen atoms in total. The fraction of sp³-hybridized carbons (Fsp3) is 0.556. The summed E-state index contributed by atoms with van der Waals surface area (Å²) in [7, 11) is 1.75. The van der Waals surface area contributed by atoms with Crippen molar-refractivity contribution in [3.63, 3.8) is 0 Å². The molecule has 5 heteroatoms. The van der Waals surface area contributed by atoms with Gasteiger partial charge >= 0.3 is 0 Å². The molecule has 0 radical (unpaired) electrons. The van der Waals surface area contributed by atoms with E-state index in [0.29, 0.717) is 12.5 Å². The van der Waals surface area contributed by atoms with Gasteiger partial charge in [-0.1, -0.05) is 44.2 Å². The van der Waals surface area contributed by atoms with Gasteiger partial charge in [-0.2, -0.15) is 0 Å². The van der Waals surface area contributed by atoms with E-state index in [1.165, 1.54) is 24.0 Å². The zero-order chi connectivity index (χ0) is 22.8. The van der Waals surface area contributed by atoms with E-state index >= 15 is 0 Å². The number of benzene rings is 2. The van der Waals surface area contributed by atoms with E-state index in [9.17, 15) is 0 Å². The Hall–Kier alpha value is -2.08. The van der Waals surface area contributed by atoms with Crippen molar-refractivity contribution in [1.82, 2.24) is 9.80 Å². The molecule has 1 saturated heterocycles. The number of ether oxygens (including phenoxy) is 2. The Labute approximate surface area is 193 Å². The molecule has 1 fully saturated rings. The average molecular weight is 441 g/mol. The van der Waals surface area contributed by atoms with Gasteiger partial charge in [0.05, 0.1) is 13.7 Å². The van der Waals surface area contributed by atoms with Crippen LogP contribution in [0.2, 0.25) is 0 Å². The van der Waals surface area contributed by atoms with Gasteiger partial charge in [-0.15, -0.1) is 0 Å². The highest BCUT2D eigenvalue weighted by molar-refractivity contribution is 5.33. The SMILES string of the molecule is COc1ccccc1CN1CCC(CN(Cc2cccc(OCCO)c2)CC(C)C)CC1. The Morgan fingerprint density at radius 1 is 1.09 bits per heavy atom. The molecule has 32 heavy (non-hydrogen) atoms. The predicted octanol–water partition coefficient (Wildman–Crippen LogP) is 4.44. The van der Waals surface area contributed by atoms with Crippen LogP contribution in [0.15, 0.2) is 48.5 Å². The molecule has 0 aliphatic carbocycles. The van der Waals surface area contributed by atoms with E-state index < -0.39 is 0 Å². The molecule has 1 aliphatic heterocycles. The number of rotatable bonds is 12. The second-order valence-corrected chi connectivity index (χ2v) is 9.34. The maximum absolute atomic E-state index is 9.01. The Kier molecular flexibility index (Phi) is 9.85. The van der Waals surface area contributed by atoms with Crippen LogP contribution in [-0.4, -0.2) is 61.4 Å². The molecule has 1 aliphatic rings. The normalized spacial score (nSPS) is 15.4. The summed E-state index contributed by atoms with van der Waals surface area (Å²) in [6, 6.07) is 16.6. The summed E-state index contributed by atoms with van der Waals surface area (Å²) < 4.78 is 11.1. The van der Waals surface area contributed by atoms with Crippen molar-refractivity contribution in [2.75, 3.05) is 46.5 Å². The first-order valence-corrected chi connectivity index (χ1v) is 12.0. The molecule has 0 atom stereocenters. The van der Waals surface area contributed by atoms with Gasteiger partial charge in [-0.25, -0.2) is 0 Å². The van der Waals surface area contributed by atoms with E-state index in [0.717, 1.165) is 56.7 Å². The fourth-order valence-corrected chi connectivity index (χ4v) is 4.64. The predicted molar refractivity (Wildman–Crippen MR) is 130 cm³/mol. The van der Waals surface area contributed by atoms with E-state index in [4.69, 9.17) is 14.6 Å². The van der Waals surface area contributed by atoms with Crippen molar-refractivity contribution in [3.05, 3.63) is 59.7 Å². The van der Waals surface area contributed by atoms with Gasteiger partial charge in [0.15, 0.2) is 0 Å². The van der Waals surface area contributed by atoms with Gasteiger partial charge in [0.2, 0.25) is 0 Å². The third-order valence-electron chi connectivity index (χ3n) is 6.10. The number of hydrogen-bond donors (Lipinski definition) is 1. The lowest BCUT2D eigenvalue weighted by molar-refractivity contribution is 0.128. The van der Waals surface area contributed by atoms with Gasteiger partial charge in [-0.05, 0) is 61.5 Å². The lowest BCUT2D eigenvalue weighted by atomic mass is 9.95. The molecule has 1 N–H and O–H groups in total. The molecule has 3 rings (SSSR count). The Morgan fingerprint density at radius 2 is 1.88 bits per heavy atom. The number of hydrogen-bond acceptors (Lipinski definition) is 5. The first-order chi connectivity index (χ1) is 15.6. The summed E-state index contributed by atoms with van der Waals surface area (Å²) in [6.07, 6.45) is 2.48. The molecular formula is C27H40N2O3. The maximum atomic E-state index is 9.01. The van der Waals surface area contributed by atoms with Crippen LogP contribution < -0.4 is 9.47 Å². The fourth-order valence-electron chi connectivity index (χ4n) is 4.64. The molecule has 1 heterocycles. The van der Waals surface area contributed by atoms with Crippen molar-refractivity contribution in [2.24, 2.45) is 11.8 Å². The van der Waals surface area contributed by atoms with Crippen LogP contribution in [0.3, 0.4) is 0 Å². The minimum absolute atomic E-state index is 0.0411. The lowest BCUT2D eigenvalue weighted by Gasteiger charge is -2.35. The van der Waals surface area contributed by atoms with Gasteiger partial charge in [0.1, 0.15) is 18.1 Å². The third kappa shape index (κ3) is 7.80. The zero-order valence-corrected chi connectivity index (χ0v) is 20.0. The second kappa shape index (κ2) is 12.8. The van der Waals surface area contributed by atoms with Crippen LogP contribution >= 0.6 is 0 Å². The molecule has 0 amide bonds. The average Bonchev–Trinajstić information content (AvgIpc) is 2.79. The van der Waals surface area contributed by atoms with Crippen LogP contribution in [0, 0.1) is 11.8 Å². The van der Waals surface area contributed by atoms with Crippen molar-refractivity contribution in [1.29, 1.82) is 0 Å². The topological polar surface area (TPSA) is 45.2 Å². The second-order valence-electron chi connectivity index (χ2n) is 9.34. The molecule has 0 unspecified atom stereocenters. The molecule has 0 spiro atoms. The van der Waals surface area contributed by atoms with Gasteiger partial charge < -0.3 is 14.6 Å². The quantitative estimate of drug-likeness (QED) is 0.529. The highest BCUT2D eigenvalue weighted by Gasteiger charge is 2.22. The smallest absolute Gasteiger partial charge is 0.123 e. The van der Waals surface area contributed by atoms with Gasteiger partial charge in [0.25, 0.3) is 0 Å². The van der Waals surface area contributed by atoms with E-state index in [-0.39, 0.29) is 6.61 Å². The highest BCUT2D eigenvalue weighted by Crippen LogP contribution is 2.25. The third-order valence-corrected chi connectivity index (χ3v) is 6.10. The molecule has 0 saturated carbocycles. The minimum atomic E-state index is 0.0411. The van der Waals surface area contributed by atoms with Crippen molar-refractivity contribution in [3.8, 4) is 11.5 Å². The lowest BCUT2D eigenvalue weighted by Crippen LogP contribution is -2.39. The van der Waals surface area contributed by atoms with Crippen LogP contribution in [-0.2, 0) is 13.1 Å². The van der Waals surface area contributed by atoms with Crippen LogP contribution in [0.4, 0.5) is 0 Å². The summed E-state index contributed by atoms with van der Waals surface area (Å²) in [5, 5.41) is 9.01. The standard InChI is InChI=1S/C27H40N2O3/c1-22(2)18-29(20-24-7-6-9-26(17-24)32-16-15-30)19-23-11-13-28(14-12-23)21-25-8-4-5-10-27(25)31-3/h4-10,17,22-23,30H,11-16,18-21H2,1-3H3. The largest absolute Gasteiger partial charge is 0.496 e. The number of aliphatic hydroxyl groups is 1. The molecule has 176 valence electrons. The van der Waals surface area contributed by atoms with Gasteiger partial charge in [0, 0.05) is 31.7 Å². The minimum Gasteiger partial charge on any atom is -0.496 e. The van der Waals surface area contributed by atoms with E-state index in [2.05, 4.69) is 54.0 Å². The Balaban J connectivity index is 1.53. The summed E-state index contributed by atoms with van der Waals surface area (Å²) in [4.78, 5) is 5.17. The first-order valence-electron chi connectivity index (χ1n) is 12.0. The molecule has 2 aromatic rings. The summed E-state index contributed by atoms with van der Waals surface area (Å²) >= 11 is 0. The van der Waals surface area contributed by atoms with Crippen molar-refractivity contribution >= 4 is 0 Å². The van der Waals surface area contributed by atoms with E-state index in [1.54, 1.807) is 7.11 Å². The van der Waals surface area contributed by atoms with Crippen LogP contribution in [0.25, 0.3) is 0 Å². The monoisotopic (exact) mass is 440 g/mol. The zero-order valence-electron chi connectivity index (χ0n) is 20.0. The molecule has 0 bridgehead atoms. The van der Waals surface area contributed by atoms with Crippen LogP contribution in [0.5, 0.6) is 11.5 Å². The summed E-state index contributed by atoms with van der Waals surface area (Å²) in [6.45, 7) is 11.4.